The average molecular weight is 317 g/mol. The van der Waals surface area contributed by atoms with Gasteiger partial charge >= 0.3 is 0 Å². The van der Waals surface area contributed by atoms with E-state index in [9.17, 15) is 0 Å². The van der Waals surface area contributed by atoms with E-state index in [1.165, 1.54) is 0 Å². The van der Waals surface area contributed by atoms with E-state index >= 15 is 0 Å². The van der Waals surface area contributed by atoms with Crippen LogP contribution in [0.3, 0.4) is 0 Å². The van der Waals surface area contributed by atoms with E-state index in [1.807, 2.05) is 18.2 Å². The van der Waals surface area contributed by atoms with Crippen LogP contribution in [0.2, 0.25) is 5.02 Å². The Labute approximate surface area is 112 Å². The van der Waals surface area contributed by atoms with Gasteiger partial charge in [-0.3, -0.25) is 0 Å². The number of aliphatic hydroxyl groups is 1. The summed E-state index contributed by atoms with van der Waals surface area (Å²) >= 11 is 9.35. The van der Waals surface area contributed by atoms with E-state index < -0.39 is 0 Å². The SMILES string of the molecule is Nc1cc(-c2ccc(Br)c(Cl)c2)nn1CCO. The molecule has 1 aromatic heterocycles. The van der Waals surface area contributed by atoms with Crippen LogP contribution in [0.15, 0.2) is 28.7 Å². The zero-order valence-corrected chi connectivity index (χ0v) is 11.2. The van der Waals surface area contributed by atoms with Crippen molar-refractivity contribution in [3.8, 4) is 11.3 Å². The Hall–Kier alpha value is -1.04. The van der Waals surface area contributed by atoms with Crippen LogP contribution < -0.4 is 5.73 Å². The van der Waals surface area contributed by atoms with Crippen LogP contribution in [-0.4, -0.2) is 21.5 Å². The third-order valence-corrected chi connectivity index (χ3v) is 3.57. The summed E-state index contributed by atoms with van der Waals surface area (Å²) < 4.78 is 2.40. The van der Waals surface area contributed by atoms with Crippen molar-refractivity contribution in [2.24, 2.45) is 0 Å². The summed E-state index contributed by atoms with van der Waals surface area (Å²) in [7, 11) is 0. The maximum atomic E-state index is 8.86. The van der Waals surface area contributed by atoms with Crippen LogP contribution in [0.1, 0.15) is 0 Å². The number of hydrogen-bond acceptors (Lipinski definition) is 3. The van der Waals surface area contributed by atoms with Gasteiger partial charge in [-0.1, -0.05) is 17.7 Å². The van der Waals surface area contributed by atoms with E-state index in [2.05, 4.69) is 21.0 Å². The van der Waals surface area contributed by atoms with Crippen molar-refractivity contribution in [1.29, 1.82) is 0 Å². The van der Waals surface area contributed by atoms with Crippen molar-refractivity contribution in [3.63, 3.8) is 0 Å². The van der Waals surface area contributed by atoms with Crippen LogP contribution in [0, 0.1) is 0 Å². The quantitative estimate of drug-likeness (QED) is 0.914. The third-order valence-electron chi connectivity index (χ3n) is 2.34. The molecule has 0 radical (unpaired) electrons. The van der Waals surface area contributed by atoms with Gasteiger partial charge in [0, 0.05) is 16.1 Å². The number of rotatable bonds is 3. The van der Waals surface area contributed by atoms with E-state index in [1.54, 1.807) is 10.7 Å². The summed E-state index contributed by atoms with van der Waals surface area (Å²) in [5, 5.41) is 13.8. The van der Waals surface area contributed by atoms with Crippen molar-refractivity contribution < 1.29 is 5.11 Å². The average Bonchev–Trinajstić information content (AvgIpc) is 2.65. The highest BCUT2D eigenvalue weighted by molar-refractivity contribution is 9.10. The highest BCUT2D eigenvalue weighted by Gasteiger charge is 2.08. The lowest BCUT2D eigenvalue weighted by Crippen LogP contribution is -2.07. The first-order valence-corrected chi connectivity index (χ1v) is 6.18. The third kappa shape index (κ3) is 2.62. The number of halogens is 2. The monoisotopic (exact) mass is 315 g/mol. The molecule has 0 saturated heterocycles. The van der Waals surface area contributed by atoms with Gasteiger partial charge in [0.2, 0.25) is 0 Å². The Morgan fingerprint density at radius 3 is 2.82 bits per heavy atom. The maximum absolute atomic E-state index is 8.86. The molecule has 4 nitrogen and oxygen atoms in total. The van der Waals surface area contributed by atoms with Gasteiger partial charge in [0.05, 0.1) is 23.9 Å². The first-order valence-electron chi connectivity index (χ1n) is 5.01. The summed E-state index contributed by atoms with van der Waals surface area (Å²) in [6, 6.07) is 7.34. The molecule has 0 aliphatic rings. The number of aliphatic hydroxyl groups excluding tert-OH is 1. The molecular formula is C11H11BrClN3O. The minimum absolute atomic E-state index is 0.00636. The van der Waals surface area contributed by atoms with Crippen molar-refractivity contribution in [2.45, 2.75) is 6.54 Å². The van der Waals surface area contributed by atoms with Gasteiger partial charge in [0.1, 0.15) is 5.82 Å². The molecule has 3 N–H and O–H groups in total. The van der Waals surface area contributed by atoms with Crippen molar-refractivity contribution in [2.75, 3.05) is 12.3 Å². The number of aromatic nitrogens is 2. The van der Waals surface area contributed by atoms with Gasteiger partial charge in [-0.25, -0.2) is 4.68 Å². The van der Waals surface area contributed by atoms with Crippen LogP contribution in [0.5, 0.6) is 0 Å². The molecule has 2 rings (SSSR count). The fraction of sp³-hybridized carbons (Fsp3) is 0.182. The summed E-state index contributed by atoms with van der Waals surface area (Å²) in [6.45, 7) is 0.391. The summed E-state index contributed by atoms with van der Waals surface area (Å²) in [4.78, 5) is 0. The number of nitrogens with zero attached hydrogens (tertiary/aromatic N) is 2. The van der Waals surface area contributed by atoms with Crippen molar-refractivity contribution in [1.82, 2.24) is 9.78 Å². The summed E-state index contributed by atoms with van der Waals surface area (Å²) in [5.41, 5.74) is 7.41. The number of hydrogen-bond donors (Lipinski definition) is 2. The minimum atomic E-state index is 0.00636. The van der Waals surface area contributed by atoms with Gasteiger partial charge in [-0.15, -0.1) is 0 Å². The molecule has 0 amide bonds. The Bertz CT molecular complexity index is 542. The molecule has 0 unspecified atom stereocenters. The number of nitrogen functional groups attached to an aromatic ring is 1. The normalized spacial score (nSPS) is 10.8. The van der Waals surface area contributed by atoms with E-state index in [4.69, 9.17) is 22.4 Å². The van der Waals surface area contributed by atoms with E-state index in [0.29, 0.717) is 17.4 Å². The van der Waals surface area contributed by atoms with Crippen molar-refractivity contribution in [3.05, 3.63) is 33.8 Å². The second-order valence-corrected chi connectivity index (χ2v) is 4.79. The second kappa shape index (κ2) is 5.08. The second-order valence-electron chi connectivity index (χ2n) is 3.53. The van der Waals surface area contributed by atoms with Gasteiger partial charge in [0.25, 0.3) is 0 Å². The molecule has 17 heavy (non-hydrogen) atoms. The Morgan fingerprint density at radius 2 is 2.18 bits per heavy atom. The molecule has 0 saturated carbocycles. The lowest BCUT2D eigenvalue weighted by atomic mass is 10.1. The van der Waals surface area contributed by atoms with Gasteiger partial charge in [-0.2, -0.15) is 5.10 Å². The molecule has 0 atom stereocenters. The molecular weight excluding hydrogens is 305 g/mol. The predicted octanol–water partition coefficient (Wildman–Crippen LogP) is 2.54. The standard InChI is InChI=1S/C11H11BrClN3O/c12-8-2-1-7(5-9(8)13)10-6-11(14)16(15-10)3-4-17/h1-2,5-6,17H,3-4,14H2. The molecule has 90 valence electrons. The Kier molecular flexibility index (Phi) is 3.71. The fourth-order valence-electron chi connectivity index (χ4n) is 1.50. The summed E-state index contributed by atoms with van der Waals surface area (Å²) in [6.07, 6.45) is 0. The van der Waals surface area contributed by atoms with E-state index in [-0.39, 0.29) is 6.61 Å². The maximum Gasteiger partial charge on any atom is 0.122 e. The number of nitrogens with two attached hydrogens (primary N) is 1. The van der Waals surface area contributed by atoms with Crippen LogP contribution in [0.25, 0.3) is 11.3 Å². The molecule has 0 aliphatic carbocycles. The molecule has 6 heteroatoms. The Balaban J connectivity index is 2.39. The zero-order valence-electron chi connectivity index (χ0n) is 8.90. The van der Waals surface area contributed by atoms with E-state index in [0.717, 1.165) is 15.7 Å². The number of anilines is 1. The van der Waals surface area contributed by atoms with Crippen LogP contribution in [-0.2, 0) is 6.54 Å². The molecule has 0 fully saturated rings. The minimum Gasteiger partial charge on any atom is -0.394 e. The van der Waals surface area contributed by atoms with Gasteiger partial charge in [-0.05, 0) is 28.1 Å². The smallest absolute Gasteiger partial charge is 0.122 e. The molecule has 1 heterocycles. The summed E-state index contributed by atoms with van der Waals surface area (Å²) in [5.74, 6) is 0.521. The molecule has 0 spiro atoms. The molecule has 1 aromatic carbocycles. The van der Waals surface area contributed by atoms with Gasteiger partial charge < -0.3 is 10.8 Å². The Morgan fingerprint density at radius 1 is 1.41 bits per heavy atom. The lowest BCUT2D eigenvalue weighted by molar-refractivity contribution is 0.270. The fourth-order valence-corrected chi connectivity index (χ4v) is 1.93. The predicted molar refractivity (Wildman–Crippen MR) is 71.9 cm³/mol. The van der Waals surface area contributed by atoms with Gasteiger partial charge in [0.15, 0.2) is 0 Å². The topological polar surface area (TPSA) is 64.1 Å². The number of benzene rings is 1. The lowest BCUT2D eigenvalue weighted by Gasteiger charge is -2.00. The molecule has 0 bridgehead atoms. The first-order chi connectivity index (χ1) is 8.11. The highest BCUT2D eigenvalue weighted by atomic mass is 79.9. The van der Waals surface area contributed by atoms with Crippen molar-refractivity contribution >= 4 is 33.3 Å². The molecule has 0 aliphatic heterocycles. The van der Waals surface area contributed by atoms with Crippen LogP contribution in [0.4, 0.5) is 5.82 Å². The zero-order chi connectivity index (χ0) is 12.4. The van der Waals surface area contributed by atoms with Crippen LogP contribution >= 0.6 is 27.5 Å². The molecule has 2 aromatic rings. The highest BCUT2D eigenvalue weighted by Crippen LogP contribution is 2.28. The first kappa shape index (κ1) is 12.4. The largest absolute Gasteiger partial charge is 0.394 e.